The van der Waals surface area contributed by atoms with Crippen LogP contribution in [0.15, 0.2) is 69.5 Å². The van der Waals surface area contributed by atoms with E-state index in [2.05, 4.69) is 21.6 Å². The molecule has 1 amide bonds. The Labute approximate surface area is 254 Å². The number of halogens is 3. The lowest BCUT2D eigenvalue weighted by molar-refractivity contribution is -0.118. The fraction of sp³-hybridized carbons (Fsp3) is 0.250. The lowest BCUT2D eigenvalue weighted by Crippen LogP contribution is -2.42. The average molecular weight is 630 g/mol. The molecule has 0 radical (unpaired) electrons. The highest BCUT2D eigenvalue weighted by atomic mass is 35.5. The zero-order chi connectivity index (χ0) is 29.5. The minimum atomic E-state index is -1.06. The fourth-order valence-electron chi connectivity index (χ4n) is 5.04. The molecular weight excluding hydrogens is 606 g/mol. The standard InChI is InChI=1S/C28H23Cl2FN6O2S2/c1-28(2)10-19-24(20(38)11-28)22(23-17(30)7-4-8-18(23)31)16(12-32)25(33)37(19)26-35-36-27(41-26)40-13-21(39)34-15-6-3-5-14(29)9-15/h3-9,22H,10-11,13,33H2,1-2H3,(H,34,39). The number of nitrogens with zero attached hydrogens (tertiary/aromatic N) is 4. The Balaban J connectivity index is 1.50. The smallest absolute Gasteiger partial charge is 0.234 e. The molecule has 0 saturated heterocycles. The van der Waals surface area contributed by atoms with Gasteiger partial charge in [-0.05, 0) is 42.2 Å². The summed E-state index contributed by atoms with van der Waals surface area (Å²) >= 11 is 14.7. The molecule has 0 bridgehead atoms. The summed E-state index contributed by atoms with van der Waals surface area (Å²) in [4.78, 5) is 27.7. The van der Waals surface area contributed by atoms with E-state index in [0.717, 1.165) is 11.3 Å². The molecule has 210 valence electrons. The van der Waals surface area contributed by atoms with Crippen molar-refractivity contribution in [2.75, 3.05) is 16.0 Å². The van der Waals surface area contributed by atoms with Gasteiger partial charge in [-0.25, -0.2) is 4.39 Å². The highest BCUT2D eigenvalue weighted by molar-refractivity contribution is 8.01. The number of thioether (sulfide) groups is 1. The molecule has 2 aliphatic rings. The van der Waals surface area contributed by atoms with E-state index in [-0.39, 0.29) is 51.4 Å². The van der Waals surface area contributed by atoms with E-state index in [1.807, 2.05) is 13.8 Å². The van der Waals surface area contributed by atoms with E-state index in [1.165, 1.54) is 30.0 Å². The Hall–Kier alpha value is -3.43. The number of amides is 1. The van der Waals surface area contributed by atoms with Crippen LogP contribution >= 0.6 is 46.3 Å². The summed E-state index contributed by atoms with van der Waals surface area (Å²) in [7, 11) is 0. The number of nitriles is 1. The maximum Gasteiger partial charge on any atom is 0.234 e. The van der Waals surface area contributed by atoms with Gasteiger partial charge < -0.3 is 11.1 Å². The molecule has 1 aliphatic carbocycles. The Morgan fingerprint density at radius 3 is 2.73 bits per heavy atom. The minimum Gasteiger partial charge on any atom is -0.384 e. The molecule has 1 aromatic heterocycles. The minimum absolute atomic E-state index is 0.00545. The maximum absolute atomic E-state index is 15.2. The van der Waals surface area contributed by atoms with Gasteiger partial charge in [-0.3, -0.25) is 14.5 Å². The van der Waals surface area contributed by atoms with Crippen molar-refractivity contribution < 1.29 is 14.0 Å². The summed E-state index contributed by atoms with van der Waals surface area (Å²) in [5.41, 5.74) is 7.57. The normalized spacial score (nSPS) is 18.3. The molecule has 1 atom stereocenters. The monoisotopic (exact) mass is 628 g/mol. The number of nitrogens with one attached hydrogen (secondary N) is 1. The van der Waals surface area contributed by atoms with Crippen molar-refractivity contribution >= 4 is 68.8 Å². The number of Topliss-reactive ketones (excluding diaryl/α,β-unsaturated/α-hetero) is 1. The molecule has 0 saturated carbocycles. The summed E-state index contributed by atoms with van der Waals surface area (Å²) in [5, 5.41) is 22.4. The fourth-order valence-corrected chi connectivity index (χ4v) is 7.19. The quantitative estimate of drug-likeness (QED) is 0.290. The first-order valence-electron chi connectivity index (χ1n) is 12.4. The number of rotatable bonds is 6. The van der Waals surface area contributed by atoms with E-state index < -0.39 is 17.2 Å². The third kappa shape index (κ3) is 5.83. The molecule has 0 spiro atoms. The molecule has 3 N–H and O–H groups in total. The molecule has 1 unspecified atom stereocenters. The zero-order valence-corrected chi connectivity index (χ0v) is 25.0. The number of carbonyl (C=O) groups excluding carboxylic acids is 2. The van der Waals surface area contributed by atoms with Crippen molar-refractivity contribution in [1.82, 2.24) is 10.2 Å². The van der Waals surface area contributed by atoms with Crippen LogP contribution in [0.5, 0.6) is 0 Å². The number of hydrogen-bond acceptors (Lipinski definition) is 9. The van der Waals surface area contributed by atoms with Crippen LogP contribution in [-0.4, -0.2) is 27.6 Å². The van der Waals surface area contributed by atoms with Crippen LogP contribution in [-0.2, 0) is 9.59 Å². The summed E-state index contributed by atoms with van der Waals surface area (Å²) in [6, 6.07) is 13.1. The largest absolute Gasteiger partial charge is 0.384 e. The van der Waals surface area contributed by atoms with Gasteiger partial charge in [-0.1, -0.05) is 72.3 Å². The van der Waals surface area contributed by atoms with Crippen molar-refractivity contribution in [2.45, 2.75) is 36.9 Å². The van der Waals surface area contributed by atoms with Crippen LogP contribution in [0.2, 0.25) is 10.0 Å². The van der Waals surface area contributed by atoms with E-state index in [4.69, 9.17) is 28.9 Å². The van der Waals surface area contributed by atoms with Crippen LogP contribution in [0.3, 0.4) is 0 Å². The number of allylic oxidation sites excluding steroid dienone is 3. The molecule has 2 aromatic carbocycles. The van der Waals surface area contributed by atoms with Gasteiger partial charge in [0.05, 0.1) is 23.3 Å². The second-order valence-electron chi connectivity index (χ2n) is 10.3. The molecule has 2 heterocycles. The number of hydrogen-bond donors (Lipinski definition) is 2. The van der Waals surface area contributed by atoms with E-state index in [0.29, 0.717) is 32.3 Å². The summed E-state index contributed by atoms with van der Waals surface area (Å²) < 4.78 is 15.7. The van der Waals surface area contributed by atoms with Gasteiger partial charge in [-0.15, -0.1) is 10.2 Å². The van der Waals surface area contributed by atoms with Gasteiger partial charge in [-0.2, -0.15) is 5.26 Å². The van der Waals surface area contributed by atoms with E-state index in [1.54, 1.807) is 29.2 Å². The first-order chi connectivity index (χ1) is 19.5. The van der Waals surface area contributed by atoms with Crippen LogP contribution in [0.25, 0.3) is 0 Å². The molecule has 5 rings (SSSR count). The van der Waals surface area contributed by atoms with Crippen molar-refractivity contribution in [1.29, 1.82) is 5.26 Å². The number of benzene rings is 2. The first-order valence-corrected chi connectivity index (χ1v) is 15.0. The second-order valence-corrected chi connectivity index (χ2v) is 13.3. The lowest BCUT2D eigenvalue weighted by atomic mass is 9.68. The Morgan fingerprint density at radius 1 is 1.27 bits per heavy atom. The Kier molecular flexibility index (Phi) is 8.12. The number of nitrogens with two attached hydrogens (primary N) is 1. The molecule has 41 heavy (non-hydrogen) atoms. The molecule has 8 nitrogen and oxygen atoms in total. The Bertz CT molecular complexity index is 1660. The number of ketones is 1. The highest BCUT2D eigenvalue weighted by Crippen LogP contribution is 2.52. The maximum atomic E-state index is 15.2. The molecular formula is C28H23Cl2FN6O2S2. The lowest BCUT2D eigenvalue weighted by Gasteiger charge is -2.42. The van der Waals surface area contributed by atoms with Crippen LogP contribution < -0.4 is 16.0 Å². The van der Waals surface area contributed by atoms with Gasteiger partial charge in [0.25, 0.3) is 0 Å². The van der Waals surface area contributed by atoms with Crippen molar-refractivity contribution in [3.8, 4) is 6.07 Å². The van der Waals surface area contributed by atoms with Crippen molar-refractivity contribution in [3.05, 3.63) is 86.6 Å². The molecule has 0 fully saturated rings. The average Bonchev–Trinajstić information content (AvgIpc) is 3.35. The predicted molar refractivity (Wildman–Crippen MR) is 159 cm³/mol. The SMILES string of the molecule is CC1(C)CC(=O)C2=C(C1)N(c1nnc(SCC(=O)Nc3cccc(Cl)c3)s1)C(N)=C(C#N)C2c1c(F)cccc1Cl. The van der Waals surface area contributed by atoms with Gasteiger partial charge in [0, 0.05) is 39.0 Å². The first kappa shape index (κ1) is 29.1. The molecule has 13 heteroatoms. The molecule has 3 aromatic rings. The summed E-state index contributed by atoms with van der Waals surface area (Å²) in [6.45, 7) is 3.91. The predicted octanol–water partition coefficient (Wildman–Crippen LogP) is 6.66. The van der Waals surface area contributed by atoms with Crippen LogP contribution in [0.1, 0.15) is 38.2 Å². The van der Waals surface area contributed by atoms with E-state index >= 15 is 4.39 Å². The second kappa shape index (κ2) is 11.4. The summed E-state index contributed by atoms with van der Waals surface area (Å²) in [5.74, 6) is -2.09. The topological polar surface area (TPSA) is 125 Å². The van der Waals surface area contributed by atoms with Gasteiger partial charge in [0.15, 0.2) is 10.1 Å². The van der Waals surface area contributed by atoms with E-state index in [9.17, 15) is 14.9 Å². The van der Waals surface area contributed by atoms with Crippen molar-refractivity contribution in [3.63, 3.8) is 0 Å². The Morgan fingerprint density at radius 2 is 2.02 bits per heavy atom. The van der Waals surface area contributed by atoms with Gasteiger partial charge in [0.1, 0.15) is 11.6 Å². The van der Waals surface area contributed by atoms with Crippen LogP contribution in [0.4, 0.5) is 15.2 Å². The summed E-state index contributed by atoms with van der Waals surface area (Å²) in [6.07, 6.45) is 0.625. The van der Waals surface area contributed by atoms with Crippen molar-refractivity contribution in [2.24, 2.45) is 11.1 Å². The van der Waals surface area contributed by atoms with Gasteiger partial charge >= 0.3 is 0 Å². The zero-order valence-electron chi connectivity index (χ0n) is 21.9. The highest BCUT2D eigenvalue weighted by Gasteiger charge is 2.46. The number of carbonyl (C=O) groups is 2. The third-order valence-electron chi connectivity index (χ3n) is 6.69. The third-order valence-corrected chi connectivity index (χ3v) is 9.30. The number of aromatic nitrogens is 2. The molecule has 1 aliphatic heterocycles. The van der Waals surface area contributed by atoms with Gasteiger partial charge in [0.2, 0.25) is 11.0 Å². The van der Waals surface area contributed by atoms with Crippen LogP contribution in [0, 0.1) is 22.6 Å². The number of anilines is 2.